The predicted molar refractivity (Wildman–Crippen MR) is 112 cm³/mol. The van der Waals surface area contributed by atoms with Crippen LogP contribution in [0.3, 0.4) is 0 Å². The number of benzene rings is 3. The molecule has 132 valence electrons. The number of hydrogen-bond donors (Lipinski definition) is 1. The first-order valence-corrected chi connectivity index (χ1v) is 10.9. The van der Waals surface area contributed by atoms with Gasteiger partial charge in [0, 0.05) is 26.0 Å². The molecular weight excluding hydrogens is 382 g/mol. The molecule has 0 bridgehead atoms. The first kappa shape index (κ1) is 17.8. The van der Waals surface area contributed by atoms with Crippen LogP contribution in [0.25, 0.3) is 10.8 Å². The number of halogens is 1. The zero-order valence-corrected chi connectivity index (χ0v) is 16.5. The molecular formula is C21H18ClNOS2. The van der Waals surface area contributed by atoms with Crippen molar-refractivity contribution in [2.45, 2.75) is 22.3 Å². The number of nitrogens with one attached hydrogen (secondary N) is 1. The Labute approximate surface area is 166 Å². The van der Waals surface area contributed by atoms with E-state index in [9.17, 15) is 4.79 Å². The van der Waals surface area contributed by atoms with Crippen LogP contribution in [0.2, 0.25) is 5.02 Å². The minimum Gasteiger partial charge on any atom is -0.349 e. The molecule has 3 aromatic carbocycles. The summed E-state index contributed by atoms with van der Waals surface area (Å²) < 4.78 is 0. The lowest BCUT2D eigenvalue weighted by atomic mass is 10.0. The van der Waals surface area contributed by atoms with Crippen LogP contribution in [0, 0.1) is 0 Å². The van der Waals surface area contributed by atoms with Crippen LogP contribution in [0.1, 0.15) is 18.0 Å². The van der Waals surface area contributed by atoms with Crippen molar-refractivity contribution in [1.82, 2.24) is 5.32 Å². The monoisotopic (exact) mass is 399 g/mol. The standard InChI is InChI=1S/C21H18ClNOS2/c22-16-8-3-5-14-6-4-10-19(21(14)16)26-13-20(24)23-17-11-12-25-18-9-2-1-7-15(17)18/h1-10,17H,11-13H2,(H,23,24)/t17-/m1/s1. The zero-order chi connectivity index (χ0) is 17.9. The third-order valence-corrected chi connectivity index (χ3v) is 6.96. The quantitative estimate of drug-likeness (QED) is 0.550. The third-order valence-electron chi connectivity index (χ3n) is 4.47. The van der Waals surface area contributed by atoms with Crippen molar-refractivity contribution < 1.29 is 4.79 Å². The lowest BCUT2D eigenvalue weighted by Gasteiger charge is -2.25. The molecule has 2 nitrogen and oxygen atoms in total. The van der Waals surface area contributed by atoms with Gasteiger partial charge >= 0.3 is 0 Å². The number of amides is 1. The van der Waals surface area contributed by atoms with Gasteiger partial charge in [0.1, 0.15) is 0 Å². The minimum atomic E-state index is 0.0609. The third kappa shape index (κ3) is 3.73. The Morgan fingerprint density at radius 2 is 1.92 bits per heavy atom. The molecule has 0 saturated heterocycles. The molecule has 0 saturated carbocycles. The highest BCUT2D eigenvalue weighted by Crippen LogP contribution is 2.36. The molecule has 4 rings (SSSR count). The van der Waals surface area contributed by atoms with Crippen molar-refractivity contribution in [3.05, 3.63) is 71.2 Å². The van der Waals surface area contributed by atoms with Crippen molar-refractivity contribution in [1.29, 1.82) is 0 Å². The van der Waals surface area contributed by atoms with Crippen molar-refractivity contribution in [2.24, 2.45) is 0 Å². The average Bonchev–Trinajstić information content (AvgIpc) is 2.67. The van der Waals surface area contributed by atoms with Crippen LogP contribution in [0.5, 0.6) is 0 Å². The van der Waals surface area contributed by atoms with Crippen LogP contribution in [-0.2, 0) is 4.79 Å². The molecule has 0 aliphatic carbocycles. The summed E-state index contributed by atoms with van der Waals surface area (Å²) in [6.45, 7) is 0. The van der Waals surface area contributed by atoms with E-state index in [4.69, 9.17) is 11.6 Å². The second kappa shape index (κ2) is 7.95. The molecule has 1 aliphatic rings. The first-order valence-electron chi connectivity index (χ1n) is 8.53. The predicted octanol–water partition coefficient (Wildman–Crippen LogP) is 5.94. The lowest BCUT2D eigenvalue weighted by molar-refractivity contribution is -0.119. The number of hydrogen-bond acceptors (Lipinski definition) is 3. The maximum absolute atomic E-state index is 12.5. The van der Waals surface area contributed by atoms with Gasteiger partial charge in [0.15, 0.2) is 0 Å². The fourth-order valence-electron chi connectivity index (χ4n) is 3.25. The molecule has 1 heterocycles. The fraction of sp³-hybridized carbons (Fsp3) is 0.190. The molecule has 1 atom stereocenters. The van der Waals surface area contributed by atoms with E-state index >= 15 is 0 Å². The van der Waals surface area contributed by atoms with Crippen molar-refractivity contribution in [2.75, 3.05) is 11.5 Å². The highest BCUT2D eigenvalue weighted by atomic mass is 35.5. The first-order chi connectivity index (χ1) is 12.7. The van der Waals surface area contributed by atoms with E-state index in [1.807, 2.05) is 54.2 Å². The van der Waals surface area contributed by atoms with E-state index in [0.717, 1.165) is 32.9 Å². The summed E-state index contributed by atoms with van der Waals surface area (Å²) in [7, 11) is 0. The fourth-order valence-corrected chi connectivity index (χ4v) is 5.64. The van der Waals surface area contributed by atoms with Gasteiger partial charge in [0.05, 0.1) is 11.8 Å². The summed E-state index contributed by atoms with van der Waals surface area (Å²) in [5, 5.41) is 6.05. The molecule has 26 heavy (non-hydrogen) atoms. The van der Waals surface area contributed by atoms with Crippen molar-refractivity contribution in [3.8, 4) is 0 Å². The van der Waals surface area contributed by atoms with E-state index in [0.29, 0.717) is 5.75 Å². The molecule has 1 aliphatic heterocycles. The van der Waals surface area contributed by atoms with Crippen LogP contribution >= 0.6 is 35.1 Å². The van der Waals surface area contributed by atoms with Crippen LogP contribution in [0.15, 0.2) is 70.5 Å². The number of thioether (sulfide) groups is 2. The van der Waals surface area contributed by atoms with E-state index in [1.165, 1.54) is 10.5 Å². The van der Waals surface area contributed by atoms with Gasteiger partial charge in [0.25, 0.3) is 0 Å². The molecule has 0 aromatic heterocycles. The average molecular weight is 400 g/mol. The Morgan fingerprint density at radius 1 is 1.12 bits per heavy atom. The molecule has 3 aromatic rings. The molecule has 0 fully saturated rings. The second-order valence-corrected chi connectivity index (χ2v) is 8.74. The van der Waals surface area contributed by atoms with Crippen LogP contribution in [0.4, 0.5) is 0 Å². The Bertz CT molecular complexity index is 954. The number of carbonyl (C=O) groups excluding carboxylic acids is 1. The number of fused-ring (bicyclic) bond motifs is 2. The van der Waals surface area contributed by atoms with Gasteiger partial charge in [-0.15, -0.1) is 23.5 Å². The van der Waals surface area contributed by atoms with E-state index < -0.39 is 0 Å². The second-order valence-electron chi connectivity index (χ2n) is 6.18. The number of carbonyl (C=O) groups is 1. The smallest absolute Gasteiger partial charge is 0.230 e. The normalized spacial score (nSPS) is 16.3. The molecule has 0 spiro atoms. The maximum atomic E-state index is 12.5. The topological polar surface area (TPSA) is 29.1 Å². The van der Waals surface area contributed by atoms with Gasteiger partial charge in [0.2, 0.25) is 5.91 Å². The van der Waals surface area contributed by atoms with Gasteiger partial charge in [-0.1, -0.05) is 54.1 Å². The Hall–Kier alpha value is -1.62. The maximum Gasteiger partial charge on any atom is 0.230 e. The largest absolute Gasteiger partial charge is 0.349 e. The molecule has 1 amide bonds. The summed E-state index contributed by atoms with van der Waals surface area (Å²) in [6, 6.07) is 20.4. The summed E-state index contributed by atoms with van der Waals surface area (Å²) in [6.07, 6.45) is 0.970. The van der Waals surface area contributed by atoms with Gasteiger partial charge in [-0.25, -0.2) is 0 Å². The van der Waals surface area contributed by atoms with E-state index in [1.54, 1.807) is 11.8 Å². The van der Waals surface area contributed by atoms with Crippen molar-refractivity contribution in [3.63, 3.8) is 0 Å². The molecule has 1 N–H and O–H groups in total. The lowest BCUT2D eigenvalue weighted by Crippen LogP contribution is -2.31. The number of rotatable bonds is 4. The van der Waals surface area contributed by atoms with Gasteiger partial charge in [-0.05, 0) is 35.6 Å². The SMILES string of the molecule is O=C(CSc1cccc2cccc(Cl)c12)N[C@@H]1CCSc2ccccc21. The highest BCUT2D eigenvalue weighted by molar-refractivity contribution is 8.00. The molecule has 5 heteroatoms. The zero-order valence-electron chi connectivity index (χ0n) is 14.1. The molecule has 0 unspecified atom stereocenters. The van der Waals surface area contributed by atoms with Crippen LogP contribution in [-0.4, -0.2) is 17.4 Å². The summed E-state index contributed by atoms with van der Waals surface area (Å²) in [5.41, 5.74) is 1.23. The summed E-state index contributed by atoms with van der Waals surface area (Å²) in [5.74, 6) is 1.48. The van der Waals surface area contributed by atoms with Crippen molar-refractivity contribution >= 4 is 51.8 Å². The van der Waals surface area contributed by atoms with Gasteiger partial charge in [-0.3, -0.25) is 4.79 Å². The van der Waals surface area contributed by atoms with E-state index in [2.05, 4.69) is 23.5 Å². The Balaban J connectivity index is 1.46. The van der Waals surface area contributed by atoms with Gasteiger partial charge in [-0.2, -0.15) is 0 Å². The Morgan fingerprint density at radius 3 is 2.81 bits per heavy atom. The van der Waals surface area contributed by atoms with E-state index in [-0.39, 0.29) is 11.9 Å². The summed E-state index contributed by atoms with van der Waals surface area (Å²) in [4.78, 5) is 14.9. The van der Waals surface area contributed by atoms with Crippen LogP contribution < -0.4 is 5.32 Å². The van der Waals surface area contributed by atoms with Gasteiger partial charge < -0.3 is 5.32 Å². The highest BCUT2D eigenvalue weighted by Gasteiger charge is 2.21. The molecule has 0 radical (unpaired) electrons. The minimum absolute atomic E-state index is 0.0609. The summed E-state index contributed by atoms with van der Waals surface area (Å²) >= 11 is 9.78. The Kier molecular flexibility index (Phi) is 5.44.